The molecule has 316 valence electrons. The molecular formula is C60H37N3O4. The highest BCUT2D eigenvalue weighted by Gasteiger charge is 2.21. The zero-order valence-corrected chi connectivity index (χ0v) is 36.2. The summed E-state index contributed by atoms with van der Waals surface area (Å²) in [5.74, 6) is 1.66. The predicted molar refractivity (Wildman–Crippen MR) is 272 cm³/mol. The van der Waals surface area contributed by atoms with E-state index in [4.69, 9.17) is 32.6 Å². The Hall–Kier alpha value is -9.07. The van der Waals surface area contributed by atoms with Crippen molar-refractivity contribution in [2.45, 2.75) is 6.92 Å². The highest BCUT2D eigenvalue weighted by atomic mass is 16.3. The van der Waals surface area contributed by atoms with Gasteiger partial charge >= 0.3 is 0 Å². The first kappa shape index (κ1) is 38.4. The Labute approximate surface area is 382 Å². The van der Waals surface area contributed by atoms with Crippen LogP contribution in [0, 0.1) is 0 Å². The summed E-state index contributed by atoms with van der Waals surface area (Å²) in [4.78, 5) is 15.7. The van der Waals surface area contributed by atoms with E-state index in [0.29, 0.717) is 17.5 Å². The number of benzene rings is 9. The van der Waals surface area contributed by atoms with Crippen molar-refractivity contribution in [3.8, 4) is 56.4 Å². The van der Waals surface area contributed by atoms with Gasteiger partial charge in [0, 0.05) is 65.8 Å². The van der Waals surface area contributed by atoms with Crippen LogP contribution in [0.15, 0.2) is 218 Å². The van der Waals surface area contributed by atoms with Gasteiger partial charge in [-0.1, -0.05) is 127 Å². The second-order valence-corrected chi connectivity index (χ2v) is 16.7. The van der Waals surface area contributed by atoms with E-state index in [2.05, 4.69) is 110 Å². The van der Waals surface area contributed by atoms with Gasteiger partial charge in [0.25, 0.3) is 0 Å². The lowest BCUT2D eigenvalue weighted by Gasteiger charge is -2.11. The Balaban J connectivity index is 0.00000145. The van der Waals surface area contributed by atoms with Crippen LogP contribution in [0.3, 0.4) is 0 Å². The second-order valence-electron chi connectivity index (χ2n) is 16.7. The van der Waals surface area contributed by atoms with Gasteiger partial charge < -0.3 is 17.7 Å². The summed E-state index contributed by atoms with van der Waals surface area (Å²) < 4.78 is 25.3. The first-order valence-electron chi connectivity index (χ1n) is 22.2. The topological polar surface area (TPSA) is 91.2 Å². The number of furan rings is 4. The molecule has 14 aromatic rings. The quantitative estimate of drug-likeness (QED) is 0.159. The highest BCUT2D eigenvalue weighted by molar-refractivity contribution is 6.16. The van der Waals surface area contributed by atoms with E-state index in [9.17, 15) is 0 Å². The molecule has 7 nitrogen and oxygen atoms in total. The molecule has 0 saturated carbocycles. The van der Waals surface area contributed by atoms with E-state index < -0.39 is 0 Å². The molecule has 0 bridgehead atoms. The maximum Gasteiger partial charge on any atom is 0.164 e. The van der Waals surface area contributed by atoms with E-state index >= 15 is 0 Å². The fraction of sp³-hybridized carbons (Fsp3) is 0.0167. The van der Waals surface area contributed by atoms with Gasteiger partial charge in [-0.2, -0.15) is 0 Å². The molecule has 0 aliphatic heterocycles. The Kier molecular flexibility index (Phi) is 8.76. The number of allylic oxidation sites excluding steroid dienone is 1. The van der Waals surface area contributed by atoms with E-state index in [1.54, 1.807) is 6.08 Å². The zero-order valence-electron chi connectivity index (χ0n) is 36.2. The van der Waals surface area contributed by atoms with Crippen molar-refractivity contribution in [1.29, 1.82) is 0 Å². The monoisotopic (exact) mass is 863 g/mol. The largest absolute Gasteiger partial charge is 0.456 e. The van der Waals surface area contributed by atoms with Crippen LogP contribution >= 0.6 is 0 Å². The Morgan fingerprint density at radius 1 is 0.313 bits per heavy atom. The maximum absolute atomic E-state index is 6.47. The third-order valence-corrected chi connectivity index (χ3v) is 12.5. The van der Waals surface area contributed by atoms with Crippen molar-refractivity contribution >= 4 is 87.8 Å². The van der Waals surface area contributed by atoms with Crippen LogP contribution in [-0.4, -0.2) is 15.0 Å². The minimum absolute atomic E-state index is 0.553. The van der Waals surface area contributed by atoms with Gasteiger partial charge in [-0.05, 0) is 89.8 Å². The Bertz CT molecular complexity index is 4150. The van der Waals surface area contributed by atoms with Crippen LogP contribution in [0.5, 0.6) is 0 Å². The molecule has 0 saturated heterocycles. The lowest BCUT2D eigenvalue weighted by molar-refractivity contribution is 0.656. The lowest BCUT2D eigenvalue weighted by atomic mass is 9.97. The van der Waals surface area contributed by atoms with Crippen molar-refractivity contribution in [3.05, 3.63) is 201 Å². The number of hydrogen-bond donors (Lipinski definition) is 0. The first-order valence-corrected chi connectivity index (χ1v) is 22.2. The molecular weight excluding hydrogens is 827 g/mol. The van der Waals surface area contributed by atoms with Crippen molar-refractivity contribution in [3.63, 3.8) is 0 Å². The number of nitrogens with zero attached hydrogens (tertiary/aromatic N) is 3. The van der Waals surface area contributed by atoms with Crippen molar-refractivity contribution < 1.29 is 17.7 Å². The number of aromatic nitrogens is 3. The third kappa shape index (κ3) is 6.31. The van der Waals surface area contributed by atoms with E-state index in [1.807, 2.05) is 91.9 Å². The molecule has 0 fully saturated rings. The number of para-hydroxylation sites is 3. The standard InChI is InChI=1S/C57H31N3O4.C3H6/c1-4-20-45-37(15-1)43-30-44-38-26-25-35(29-50(38)64-52(44)31-51(43)63-45)33-12-7-11-32(27-33)34-13-8-14-36(28-34)55-58-56(41-18-9-23-48-53(41)39-16-2-5-21-46(39)61-48)60-57(59-55)42-19-10-24-49-54(42)40-17-3-6-22-47(40)62-49;1-3-2/h1-31H;3H,1H2,2H3. The van der Waals surface area contributed by atoms with E-state index in [-0.39, 0.29) is 0 Å². The fourth-order valence-electron chi connectivity index (χ4n) is 9.56. The molecule has 0 atom stereocenters. The summed E-state index contributed by atoms with van der Waals surface area (Å²) in [7, 11) is 0. The van der Waals surface area contributed by atoms with Crippen LogP contribution in [-0.2, 0) is 0 Å². The van der Waals surface area contributed by atoms with Gasteiger partial charge in [-0.15, -0.1) is 6.58 Å². The van der Waals surface area contributed by atoms with Crippen LogP contribution in [0.4, 0.5) is 0 Å². The van der Waals surface area contributed by atoms with Crippen LogP contribution in [0.25, 0.3) is 144 Å². The van der Waals surface area contributed by atoms with Gasteiger partial charge in [-0.25, -0.2) is 15.0 Å². The van der Waals surface area contributed by atoms with Crippen LogP contribution in [0.1, 0.15) is 6.92 Å². The second kappa shape index (κ2) is 15.3. The molecule has 0 aliphatic rings. The molecule has 67 heavy (non-hydrogen) atoms. The van der Waals surface area contributed by atoms with Crippen LogP contribution < -0.4 is 0 Å². The van der Waals surface area contributed by atoms with Crippen LogP contribution in [0.2, 0.25) is 0 Å². The molecule has 0 amide bonds. The predicted octanol–water partition coefficient (Wildman–Crippen LogP) is 17.0. The molecule has 5 heterocycles. The molecule has 0 radical (unpaired) electrons. The molecule has 9 aromatic carbocycles. The molecule has 0 aliphatic carbocycles. The van der Waals surface area contributed by atoms with Crippen molar-refractivity contribution in [1.82, 2.24) is 15.0 Å². The minimum Gasteiger partial charge on any atom is -0.456 e. The minimum atomic E-state index is 0.553. The SMILES string of the molecule is C=CC.c1cc(-c2cccc(-c3nc(-c4cccc5oc6ccccc6c45)nc(-c4cccc5oc6ccccc6c45)n3)c2)cc(-c2ccc3c(c2)oc2cc4oc5ccccc5c4cc23)c1. The van der Waals surface area contributed by atoms with Gasteiger partial charge in [0.05, 0.1) is 0 Å². The average molecular weight is 864 g/mol. The summed E-state index contributed by atoms with van der Waals surface area (Å²) in [6.07, 6.45) is 1.75. The Morgan fingerprint density at radius 3 is 1.28 bits per heavy atom. The van der Waals surface area contributed by atoms with Gasteiger partial charge in [-0.3, -0.25) is 0 Å². The summed E-state index contributed by atoms with van der Waals surface area (Å²) in [5, 5.41) is 8.26. The first-order chi connectivity index (χ1) is 33.1. The van der Waals surface area contributed by atoms with E-state index in [0.717, 1.165) is 127 Å². The highest BCUT2D eigenvalue weighted by Crippen LogP contribution is 2.41. The molecule has 0 spiro atoms. The summed E-state index contributed by atoms with van der Waals surface area (Å²) in [5.41, 5.74) is 13.3. The van der Waals surface area contributed by atoms with Gasteiger partial charge in [0.2, 0.25) is 0 Å². The smallest absolute Gasteiger partial charge is 0.164 e. The lowest BCUT2D eigenvalue weighted by Crippen LogP contribution is -2.01. The summed E-state index contributed by atoms with van der Waals surface area (Å²) >= 11 is 0. The summed E-state index contributed by atoms with van der Waals surface area (Å²) in [6, 6.07) is 64.1. The Morgan fingerprint density at radius 2 is 0.701 bits per heavy atom. The van der Waals surface area contributed by atoms with Gasteiger partial charge in [0.15, 0.2) is 17.5 Å². The average Bonchev–Trinajstić information content (AvgIpc) is 4.15. The van der Waals surface area contributed by atoms with E-state index in [1.165, 1.54) is 0 Å². The molecule has 14 rings (SSSR count). The third-order valence-electron chi connectivity index (χ3n) is 12.5. The maximum atomic E-state index is 6.47. The van der Waals surface area contributed by atoms with Gasteiger partial charge in [0.1, 0.15) is 44.7 Å². The number of fused-ring (bicyclic) bond motifs is 12. The molecule has 7 heteroatoms. The normalized spacial score (nSPS) is 11.7. The fourth-order valence-corrected chi connectivity index (χ4v) is 9.56. The molecule has 5 aromatic heterocycles. The summed E-state index contributed by atoms with van der Waals surface area (Å²) in [6.45, 7) is 5.25. The zero-order chi connectivity index (χ0) is 44.6. The molecule has 0 N–H and O–H groups in total. The number of hydrogen-bond acceptors (Lipinski definition) is 7. The molecule has 0 unspecified atom stereocenters. The van der Waals surface area contributed by atoms with Crippen molar-refractivity contribution in [2.24, 2.45) is 0 Å². The number of rotatable bonds is 5. The van der Waals surface area contributed by atoms with Crippen molar-refractivity contribution in [2.75, 3.05) is 0 Å².